The smallest absolute Gasteiger partial charge is 0.224 e. The van der Waals surface area contributed by atoms with Gasteiger partial charge in [-0.25, -0.2) is 0 Å². The average molecular weight is 627 g/mol. The number of carbonyl (C=O) groups excluding carboxylic acids is 2. The monoisotopic (exact) mass is 626 g/mol. The third-order valence-electron chi connectivity index (χ3n) is 8.74. The normalized spacial score (nSPS) is 20.0. The Labute approximate surface area is 271 Å². The SMILES string of the molecule is C=CCN(C[C@@H]1C[C@H](c2ccc(CO)cc2)O[C@H](c2cccc(NC(=O)CCCC(=O)Nc3ccccc3N)c2)O1)C1CCCC1. The average Bonchev–Trinajstić information content (AvgIpc) is 3.61. The van der Waals surface area contributed by atoms with Crippen LogP contribution in [0, 0.1) is 0 Å². The first-order valence-electron chi connectivity index (χ1n) is 16.3. The van der Waals surface area contributed by atoms with E-state index in [-0.39, 0.29) is 43.5 Å². The van der Waals surface area contributed by atoms with Crippen molar-refractivity contribution in [2.24, 2.45) is 0 Å². The Morgan fingerprint density at radius 2 is 1.67 bits per heavy atom. The Morgan fingerprint density at radius 1 is 0.935 bits per heavy atom. The van der Waals surface area contributed by atoms with Crippen LogP contribution in [-0.4, -0.2) is 47.1 Å². The van der Waals surface area contributed by atoms with Crippen LogP contribution in [0.2, 0.25) is 0 Å². The molecule has 9 heteroatoms. The highest BCUT2D eigenvalue weighted by Crippen LogP contribution is 2.39. The van der Waals surface area contributed by atoms with Crippen LogP contribution >= 0.6 is 0 Å². The van der Waals surface area contributed by atoms with Crippen LogP contribution in [0.1, 0.15) is 80.5 Å². The minimum atomic E-state index is -0.624. The molecule has 9 nitrogen and oxygen atoms in total. The second-order valence-electron chi connectivity index (χ2n) is 12.2. The molecular formula is C37H46N4O5. The molecule has 2 fully saturated rings. The molecule has 46 heavy (non-hydrogen) atoms. The number of nitrogens with two attached hydrogens (primary N) is 1. The molecule has 244 valence electrons. The number of para-hydroxylation sites is 2. The first-order chi connectivity index (χ1) is 22.4. The van der Waals surface area contributed by atoms with Crippen LogP contribution in [0.5, 0.6) is 0 Å². The van der Waals surface area contributed by atoms with Crippen LogP contribution in [0.25, 0.3) is 0 Å². The zero-order chi connectivity index (χ0) is 32.3. The van der Waals surface area contributed by atoms with E-state index in [1.54, 1.807) is 24.3 Å². The Balaban J connectivity index is 1.22. The van der Waals surface area contributed by atoms with Gasteiger partial charge < -0.3 is 30.9 Å². The predicted molar refractivity (Wildman–Crippen MR) is 181 cm³/mol. The van der Waals surface area contributed by atoms with Gasteiger partial charge in [-0.05, 0) is 54.7 Å². The van der Waals surface area contributed by atoms with Crippen LogP contribution in [0.3, 0.4) is 0 Å². The van der Waals surface area contributed by atoms with Gasteiger partial charge >= 0.3 is 0 Å². The second-order valence-corrected chi connectivity index (χ2v) is 12.2. The molecule has 0 aromatic heterocycles. The van der Waals surface area contributed by atoms with Crippen molar-refractivity contribution in [2.75, 3.05) is 29.5 Å². The van der Waals surface area contributed by atoms with Crippen molar-refractivity contribution in [3.05, 3.63) is 102 Å². The summed E-state index contributed by atoms with van der Waals surface area (Å²) in [6.45, 7) is 5.59. The Morgan fingerprint density at radius 3 is 2.39 bits per heavy atom. The molecule has 1 saturated heterocycles. The number of rotatable bonds is 14. The summed E-state index contributed by atoms with van der Waals surface area (Å²) < 4.78 is 13.2. The third-order valence-corrected chi connectivity index (χ3v) is 8.74. The summed E-state index contributed by atoms with van der Waals surface area (Å²) in [4.78, 5) is 27.6. The number of amides is 2. The van der Waals surface area contributed by atoms with Gasteiger partial charge in [0.2, 0.25) is 11.8 Å². The molecule has 2 aliphatic rings. The third kappa shape index (κ3) is 9.26. The molecule has 3 atom stereocenters. The van der Waals surface area contributed by atoms with Crippen molar-refractivity contribution in [3.63, 3.8) is 0 Å². The van der Waals surface area contributed by atoms with E-state index >= 15 is 0 Å². The Kier molecular flexibility index (Phi) is 12.0. The number of nitrogens with zero attached hydrogens (tertiary/aromatic N) is 1. The Hall–Kier alpha value is -4.02. The van der Waals surface area contributed by atoms with E-state index in [0.717, 1.165) is 29.8 Å². The first kappa shape index (κ1) is 33.3. The summed E-state index contributed by atoms with van der Waals surface area (Å²) in [7, 11) is 0. The van der Waals surface area contributed by atoms with E-state index in [9.17, 15) is 14.7 Å². The fourth-order valence-corrected chi connectivity index (χ4v) is 6.32. The highest BCUT2D eigenvalue weighted by molar-refractivity contribution is 5.94. The number of benzene rings is 3. The van der Waals surface area contributed by atoms with Crippen molar-refractivity contribution in [2.45, 2.75) is 82.5 Å². The van der Waals surface area contributed by atoms with E-state index in [1.165, 1.54) is 25.7 Å². The molecule has 3 aromatic carbocycles. The van der Waals surface area contributed by atoms with Crippen LogP contribution < -0.4 is 16.4 Å². The summed E-state index contributed by atoms with van der Waals surface area (Å²) in [5.74, 6) is -0.361. The zero-order valence-electron chi connectivity index (χ0n) is 26.4. The lowest BCUT2D eigenvalue weighted by Crippen LogP contribution is -2.43. The molecular weight excluding hydrogens is 580 g/mol. The predicted octanol–water partition coefficient (Wildman–Crippen LogP) is 6.48. The zero-order valence-corrected chi connectivity index (χ0v) is 26.4. The molecule has 2 amide bonds. The summed E-state index contributed by atoms with van der Waals surface area (Å²) in [5, 5.41) is 15.3. The molecule has 0 radical (unpaired) electrons. The van der Waals surface area contributed by atoms with Crippen molar-refractivity contribution < 1.29 is 24.2 Å². The number of ether oxygens (including phenoxy) is 2. The summed E-state index contributed by atoms with van der Waals surface area (Å²) in [6.07, 6.45) is 7.49. The highest BCUT2D eigenvalue weighted by atomic mass is 16.7. The van der Waals surface area contributed by atoms with Gasteiger partial charge in [0.05, 0.1) is 30.2 Å². The minimum Gasteiger partial charge on any atom is -0.397 e. The molecule has 0 spiro atoms. The molecule has 1 heterocycles. The molecule has 0 unspecified atom stereocenters. The summed E-state index contributed by atoms with van der Waals surface area (Å²) in [6, 6.07) is 23.1. The van der Waals surface area contributed by atoms with Crippen molar-refractivity contribution in [1.82, 2.24) is 4.90 Å². The lowest BCUT2D eigenvalue weighted by atomic mass is 9.99. The molecule has 5 N–H and O–H groups in total. The van der Waals surface area contributed by atoms with Gasteiger partial charge in [0.1, 0.15) is 0 Å². The van der Waals surface area contributed by atoms with E-state index in [0.29, 0.717) is 35.9 Å². The van der Waals surface area contributed by atoms with Gasteiger partial charge in [0.15, 0.2) is 6.29 Å². The van der Waals surface area contributed by atoms with Crippen LogP contribution in [0.15, 0.2) is 85.5 Å². The fraction of sp³-hybridized carbons (Fsp3) is 0.405. The van der Waals surface area contributed by atoms with E-state index in [2.05, 4.69) is 22.1 Å². The standard InChI is InChI=1S/C37H46N4O5/c1-2-21-41(30-11-3-4-12-30)24-31-23-34(27-19-17-26(25-42)18-20-27)46-37(45-31)28-9-7-10-29(22-28)39-35(43)15-8-16-36(44)40-33-14-6-5-13-32(33)38/h2,5-7,9-10,13-14,17-20,22,30-31,34,37,42H,1,3-4,8,11-12,15-16,21,23-25,38H2,(H,39,43)(H,40,44)/t31-,34+,37+/m0/s1. The largest absolute Gasteiger partial charge is 0.397 e. The topological polar surface area (TPSA) is 126 Å². The van der Waals surface area contributed by atoms with Crippen LogP contribution in [0.4, 0.5) is 17.1 Å². The van der Waals surface area contributed by atoms with Gasteiger partial charge in [0.25, 0.3) is 0 Å². The number of nitrogens with one attached hydrogen (secondary N) is 2. The number of carbonyl (C=O) groups is 2. The molecule has 5 rings (SSSR count). The number of hydrogen-bond acceptors (Lipinski definition) is 7. The first-order valence-corrected chi connectivity index (χ1v) is 16.3. The van der Waals surface area contributed by atoms with E-state index in [1.807, 2.05) is 54.6 Å². The molecule has 1 saturated carbocycles. The van der Waals surface area contributed by atoms with Gasteiger partial charge in [0, 0.05) is 49.6 Å². The summed E-state index contributed by atoms with van der Waals surface area (Å²) >= 11 is 0. The number of aliphatic hydroxyl groups excluding tert-OH is 1. The maximum atomic E-state index is 12.8. The molecule has 0 bridgehead atoms. The maximum absolute atomic E-state index is 12.8. The van der Waals surface area contributed by atoms with E-state index in [4.69, 9.17) is 15.2 Å². The number of anilines is 3. The van der Waals surface area contributed by atoms with Crippen molar-refractivity contribution >= 4 is 28.9 Å². The molecule has 1 aliphatic carbocycles. The lowest BCUT2D eigenvalue weighted by molar-refractivity contribution is -0.253. The van der Waals surface area contributed by atoms with Crippen molar-refractivity contribution in [3.8, 4) is 0 Å². The van der Waals surface area contributed by atoms with Crippen LogP contribution in [-0.2, 0) is 25.7 Å². The maximum Gasteiger partial charge on any atom is 0.224 e. The fourth-order valence-electron chi connectivity index (χ4n) is 6.32. The van der Waals surface area contributed by atoms with Gasteiger partial charge in [-0.3, -0.25) is 14.5 Å². The van der Waals surface area contributed by atoms with Gasteiger partial charge in [-0.2, -0.15) is 0 Å². The number of nitrogen functional groups attached to an aromatic ring is 1. The molecule has 3 aromatic rings. The number of aliphatic hydroxyl groups is 1. The van der Waals surface area contributed by atoms with Crippen molar-refractivity contribution in [1.29, 1.82) is 0 Å². The lowest BCUT2D eigenvalue weighted by Gasteiger charge is -2.39. The van der Waals surface area contributed by atoms with E-state index < -0.39 is 6.29 Å². The number of hydrogen-bond donors (Lipinski definition) is 4. The van der Waals surface area contributed by atoms with Gasteiger partial charge in [-0.1, -0.05) is 67.4 Å². The van der Waals surface area contributed by atoms with Gasteiger partial charge in [-0.15, -0.1) is 6.58 Å². The second kappa shape index (κ2) is 16.5. The minimum absolute atomic E-state index is 0.00735. The Bertz CT molecular complexity index is 1460. The quantitative estimate of drug-likeness (QED) is 0.119. The highest BCUT2D eigenvalue weighted by Gasteiger charge is 2.34. The molecule has 1 aliphatic heterocycles. The summed E-state index contributed by atoms with van der Waals surface area (Å²) in [5.41, 5.74) is 10.3.